The van der Waals surface area contributed by atoms with Crippen LogP contribution in [0.2, 0.25) is 5.02 Å². The van der Waals surface area contributed by atoms with Gasteiger partial charge in [0.25, 0.3) is 5.91 Å². The molecule has 0 saturated carbocycles. The molecule has 0 bridgehead atoms. The van der Waals surface area contributed by atoms with Gasteiger partial charge >= 0.3 is 0 Å². The molecule has 0 aliphatic rings. The van der Waals surface area contributed by atoms with Crippen LogP contribution < -0.4 is 10.3 Å². The largest absolute Gasteiger partial charge is 0.395 e. The Balaban J connectivity index is 2.03. The molecule has 0 spiro atoms. The van der Waals surface area contributed by atoms with Gasteiger partial charge in [-0.25, -0.2) is 5.43 Å². The molecule has 0 aliphatic heterocycles. The van der Waals surface area contributed by atoms with Crippen LogP contribution in [0, 0.1) is 6.92 Å². The number of carbonyl (C=O) groups is 1. The number of aryl methyl sites for hydroxylation is 1. The summed E-state index contributed by atoms with van der Waals surface area (Å²) < 4.78 is 0. The van der Waals surface area contributed by atoms with Crippen LogP contribution >= 0.6 is 11.6 Å². The van der Waals surface area contributed by atoms with E-state index in [0.29, 0.717) is 17.1 Å². The number of halogens is 1. The summed E-state index contributed by atoms with van der Waals surface area (Å²) in [5.41, 5.74) is 6.01. The number of aliphatic hydroxyl groups excluding tert-OH is 1. The molecule has 0 fully saturated rings. The number of nitrogens with zero attached hydrogens (tertiary/aromatic N) is 2. The molecule has 2 N–H and O–H groups in total. The van der Waals surface area contributed by atoms with Gasteiger partial charge in [0.1, 0.15) is 0 Å². The normalized spacial score (nSPS) is 10.9. The molecule has 0 heterocycles. The van der Waals surface area contributed by atoms with Crippen molar-refractivity contribution in [3.63, 3.8) is 0 Å². The number of hydrogen-bond donors (Lipinski definition) is 2. The Hall–Kier alpha value is -2.37. The van der Waals surface area contributed by atoms with Crippen molar-refractivity contribution in [2.75, 3.05) is 24.6 Å². The summed E-state index contributed by atoms with van der Waals surface area (Å²) in [5, 5.41) is 13.7. The fourth-order valence-electron chi connectivity index (χ4n) is 2.42. The quantitative estimate of drug-likeness (QED) is 0.589. The van der Waals surface area contributed by atoms with Gasteiger partial charge in [-0.05, 0) is 61.4 Å². The van der Waals surface area contributed by atoms with Crippen molar-refractivity contribution in [3.05, 3.63) is 64.2 Å². The molecule has 0 unspecified atom stereocenters. The zero-order valence-electron chi connectivity index (χ0n) is 14.4. The maximum atomic E-state index is 12.0. The van der Waals surface area contributed by atoms with E-state index >= 15 is 0 Å². The minimum absolute atomic E-state index is 0.118. The molecule has 25 heavy (non-hydrogen) atoms. The summed E-state index contributed by atoms with van der Waals surface area (Å²) >= 11 is 5.80. The first-order chi connectivity index (χ1) is 12.0. The minimum Gasteiger partial charge on any atom is -0.395 e. The van der Waals surface area contributed by atoms with E-state index in [4.69, 9.17) is 16.7 Å². The lowest BCUT2D eigenvalue weighted by Gasteiger charge is -2.22. The van der Waals surface area contributed by atoms with Gasteiger partial charge in [-0.2, -0.15) is 5.10 Å². The molecule has 2 aromatic rings. The van der Waals surface area contributed by atoms with Crippen LogP contribution in [-0.4, -0.2) is 36.9 Å². The second-order valence-corrected chi connectivity index (χ2v) is 5.99. The number of rotatable bonds is 7. The molecule has 2 rings (SSSR count). The first-order valence-corrected chi connectivity index (χ1v) is 8.48. The van der Waals surface area contributed by atoms with E-state index in [1.54, 1.807) is 30.5 Å². The number of benzene rings is 2. The zero-order chi connectivity index (χ0) is 18.2. The Kier molecular flexibility index (Phi) is 6.98. The van der Waals surface area contributed by atoms with Crippen molar-refractivity contribution < 1.29 is 9.90 Å². The van der Waals surface area contributed by atoms with Crippen molar-refractivity contribution in [2.24, 2.45) is 5.10 Å². The fraction of sp³-hybridized carbons (Fsp3) is 0.263. The molecule has 0 aliphatic carbocycles. The van der Waals surface area contributed by atoms with E-state index in [2.05, 4.69) is 15.4 Å². The van der Waals surface area contributed by atoms with Crippen molar-refractivity contribution >= 4 is 29.4 Å². The molecular formula is C19H22ClN3O2. The molecule has 5 nitrogen and oxygen atoms in total. The Labute approximate surface area is 152 Å². The fourth-order valence-corrected chi connectivity index (χ4v) is 2.54. The predicted molar refractivity (Wildman–Crippen MR) is 103 cm³/mol. The molecule has 0 radical (unpaired) electrons. The number of hydrazone groups is 1. The lowest BCUT2D eigenvalue weighted by molar-refractivity contribution is 0.0955. The first kappa shape index (κ1) is 19.0. The van der Waals surface area contributed by atoms with E-state index in [0.717, 1.165) is 23.4 Å². The smallest absolute Gasteiger partial charge is 0.271 e. The van der Waals surface area contributed by atoms with Gasteiger partial charge in [-0.1, -0.05) is 17.7 Å². The summed E-state index contributed by atoms with van der Waals surface area (Å²) in [7, 11) is 0. The highest BCUT2D eigenvalue weighted by Crippen LogP contribution is 2.18. The van der Waals surface area contributed by atoms with E-state index in [9.17, 15) is 4.79 Å². The average molecular weight is 360 g/mol. The number of amides is 1. The van der Waals surface area contributed by atoms with Crippen LogP contribution in [0.1, 0.15) is 28.4 Å². The van der Waals surface area contributed by atoms with E-state index in [1.165, 1.54) is 0 Å². The molecule has 132 valence electrons. The van der Waals surface area contributed by atoms with E-state index in [1.807, 2.05) is 32.0 Å². The van der Waals surface area contributed by atoms with Crippen LogP contribution in [0.4, 0.5) is 5.69 Å². The van der Waals surface area contributed by atoms with Gasteiger partial charge in [-0.3, -0.25) is 4.79 Å². The Bertz CT molecular complexity index is 745. The van der Waals surface area contributed by atoms with Gasteiger partial charge in [0.2, 0.25) is 0 Å². The van der Waals surface area contributed by atoms with Crippen molar-refractivity contribution in [3.8, 4) is 0 Å². The highest BCUT2D eigenvalue weighted by Gasteiger charge is 2.06. The monoisotopic (exact) mass is 359 g/mol. The number of likely N-dealkylation sites (N-methyl/N-ethyl adjacent to an activating group) is 1. The Morgan fingerprint density at radius 1 is 1.28 bits per heavy atom. The zero-order valence-corrected chi connectivity index (χ0v) is 15.1. The van der Waals surface area contributed by atoms with Crippen molar-refractivity contribution in [2.45, 2.75) is 13.8 Å². The van der Waals surface area contributed by atoms with Gasteiger partial charge in [0.15, 0.2) is 0 Å². The summed E-state index contributed by atoms with van der Waals surface area (Å²) in [4.78, 5) is 14.1. The topological polar surface area (TPSA) is 64.9 Å². The number of carbonyl (C=O) groups excluding carboxylic acids is 1. The van der Waals surface area contributed by atoms with Gasteiger partial charge in [-0.15, -0.1) is 0 Å². The van der Waals surface area contributed by atoms with E-state index < -0.39 is 0 Å². The SMILES string of the molecule is CCN(CCO)c1ccc(/C=N\NC(=O)c2ccc(Cl)cc2)c(C)c1. The van der Waals surface area contributed by atoms with Crippen molar-refractivity contribution in [1.82, 2.24) is 5.43 Å². The lowest BCUT2D eigenvalue weighted by Crippen LogP contribution is -2.26. The Morgan fingerprint density at radius 3 is 2.60 bits per heavy atom. The second-order valence-electron chi connectivity index (χ2n) is 5.55. The van der Waals surface area contributed by atoms with Crippen LogP contribution in [0.5, 0.6) is 0 Å². The predicted octanol–water partition coefficient (Wildman–Crippen LogP) is 3.23. The maximum absolute atomic E-state index is 12.0. The number of nitrogens with one attached hydrogen (secondary N) is 1. The van der Waals surface area contributed by atoms with Crippen LogP contribution in [0.3, 0.4) is 0 Å². The molecule has 0 aromatic heterocycles. The number of aliphatic hydroxyl groups is 1. The highest BCUT2D eigenvalue weighted by molar-refractivity contribution is 6.30. The summed E-state index contributed by atoms with van der Waals surface area (Å²) in [6.45, 7) is 5.57. The maximum Gasteiger partial charge on any atom is 0.271 e. The summed E-state index contributed by atoms with van der Waals surface area (Å²) in [6.07, 6.45) is 1.62. The third kappa shape index (κ3) is 5.31. The van der Waals surface area contributed by atoms with Gasteiger partial charge in [0.05, 0.1) is 12.8 Å². The number of anilines is 1. The highest BCUT2D eigenvalue weighted by atomic mass is 35.5. The lowest BCUT2D eigenvalue weighted by atomic mass is 10.1. The molecule has 1 amide bonds. The third-order valence-electron chi connectivity index (χ3n) is 3.85. The standard InChI is InChI=1S/C19H22ClN3O2/c1-3-23(10-11-24)18-9-6-16(14(2)12-18)13-21-22-19(25)15-4-7-17(20)8-5-15/h4-9,12-13,24H,3,10-11H2,1-2H3,(H,22,25)/b21-13-. The van der Waals surface area contributed by atoms with E-state index in [-0.39, 0.29) is 12.5 Å². The molecule has 0 saturated heterocycles. The van der Waals surface area contributed by atoms with Crippen LogP contribution in [0.25, 0.3) is 0 Å². The molecule has 6 heteroatoms. The summed E-state index contributed by atoms with van der Waals surface area (Å²) in [5.74, 6) is -0.290. The molecule has 2 aromatic carbocycles. The first-order valence-electron chi connectivity index (χ1n) is 8.10. The average Bonchev–Trinajstić information content (AvgIpc) is 2.61. The molecular weight excluding hydrogens is 338 g/mol. The number of hydrogen-bond acceptors (Lipinski definition) is 4. The minimum atomic E-state index is -0.290. The van der Waals surface area contributed by atoms with Gasteiger partial charge < -0.3 is 10.0 Å². The van der Waals surface area contributed by atoms with Crippen LogP contribution in [0.15, 0.2) is 47.6 Å². The Morgan fingerprint density at radius 2 is 2.00 bits per heavy atom. The van der Waals surface area contributed by atoms with Crippen LogP contribution in [-0.2, 0) is 0 Å². The molecule has 0 atom stereocenters. The van der Waals surface area contributed by atoms with Crippen molar-refractivity contribution in [1.29, 1.82) is 0 Å². The second kappa shape index (κ2) is 9.20. The van der Waals surface area contributed by atoms with Gasteiger partial charge in [0, 0.05) is 29.4 Å². The summed E-state index contributed by atoms with van der Waals surface area (Å²) in [6, 6.07) is 12.6. The third-order valence-corrected chi connectivity index (χ3v) is 4.10.